The number of hydrogen-bond donors (Lipinski definition) is 3. The van der Waals surface area contributed by atoms with Gasteiger partial charge in [-0.15, -0.1) is 0 Å². The van der Waals surface area contributed by atoms with E-state index in [1.54, 1.807) is 0 Å². The van der Waals surface area contributed by atoms with Gasteiger partial charge in [-0.3, -0.25) is 4.79 Å². The van der Waals surface area contributed by atoms with Gasteiger partial charge in [0.1, 0.15) is 0 Å². The van der Waals surface area contributed by atoms with E-state index in [1.807, 2.05) is 6.07 Å². The summed E-state index contributed by atoms with van der Waals surface area (Å²) in [5.41, 5.74) is 3.36. The second-order valence-electron chi connectivity index (χ2n) is 5.99. The Morgan fingerprint density at radius 3 is 3.10 bits per heavy atom. The molecule has 3 N–H and O–H groups in total. The van der Waals surface area contributed by atoms with Crippen molar-refractivity contribution in [2.45, 2.75) is 51.1 Å². The van der Waals surface area contributed by atoms with E-state index >= 15 is 0 Å². The third-order valence-corrected chi connectivity index (χ3v) is 4.21. The number of rotatable bonds is 4. The molecule has 108 valence electrons. The van der Waals surface area contributed by atoms with E-state index in [4.69, 9.17) is 0 Å². The van der Waals surface area contributed by atoms with Crippen LogP contribution in [0.1, 0.15) is 38.2 Å². The number of carbonyl (C=O) groups excluding carboxylic acids is 1. The molecule has 4 heteroatoms. The highest BCUT2D eigenvalue weighted by Crippen LogP contribution is 2.26. The first-order valence-electron chi connectivity index (χ1n) is 7.63. The minimum atomic E-state index is 0.124. The number of benzene rings is 1. The standard InChI is InChI=1S/C16H23N3O/c1-11(9-13-3-2-8-17-13)18-14-5-6-15-12(10-14)4-7-16(20)19-15/h5-6,10-11,13,17-18H,2-4,7-9H2,1H3,(H,19,20). The highest BCUT2D eigenvalue weighted by atomic mass is 16.1. The molecule has 1 aromatic carbocycles. The van der Waals surface area contributed by atoms with Gasteiger partial charge < -0.3 is 16.0 Å². The highest BCUT2D eigenvalue weighted by molar-refractivity contribution is 5.94. The Kier molecular flexibility index (Phi) is 3.92. The summed E-state index contributed by atoms with van der Waals surface area (Å²) in [4.78, 5) is 11.3. The summed E-state index contributed by atoms with van der Waals surface area (Å²) in [6, 6.07) is 7.36. The van der Waals surface area contributed by atoms with E-state index in [0.29, 0.717) is 18.5 Å². The van der Waals surface area contributed by atoms with Crippen LogP contribution in [0.5, 0.6) is 0 Å². The predicted molar refractivity (Wildman–Crippen MR) is 82.1 cm³/mol. The Hall–Kier alpha value is -1.55. The van der Waals surface area contributed by atoms with Crippen molar-refractivity contribution in [1.82, 2.24) is 5.32 Å². The Morgan fingerprint density at radius 2 is 2.30 bits per heavy atom. The fraction of sp³-hybridized carbons (Fsp3) is 0.562. The molecule has 20 heavy (non-hydrogen) atoms. The molecule has 1 fully saturated rings. The van der Waals surface area contributed by atoms with Gasteiger partial charge in [0.15, 0.2) is 0 Å². The first-order valence-corrected chi connectivity index (χ1v) is 7.63. The molecule has 4 nitrogen and oxygen atoms in total. The molecule has 1 amide bonds. The number of aryl methyl sites for hydroxylation is 1. The van der Waals surface area contributed by atoms with Crippen LogP contribution in [0, 0.1) is 0 Å². The van der Waals surface area contributed by atoms with Crippen molar-refractivity contribution in [2.24, 2.45) is 0 Å². The fourth-order valence-corrected chi connectivity index (χ4v) is 3.20. The molecule has 2 heterocycles. The van der Waals surface area contributed by atoms with Gasteiger partial charge in [0.05, 0.1) is 0 Å². The van der Waals surface area contributed by atoms with Crippen LogP contribution in [0.4, 0.5) is 11.4 Å². The number of carbonyl (C=O) groups is 1. The van der Waals surface area contributed by atoms with Crippen LogP contribution in [-0.4, -0.2) is 24.5 Å². The number of hydrogen-bond acceptors (Lipinski definition) is 3. The molecule has 0 bridgehead atoms. The smallest absolute Gasteiger partial charge is 0.224 e. The molecule has 0 aromatic heterocycles. The van der Waals surface area contributed by atoms with Crippen LogP contribution in [0.25, 0.3) is 0 Å². The minimum Gasteiger partial charge on any atom is -0.383 e. The Labute approximate surface area is 120 Å². The lowest BCUT2D eigenvalue weighted by molar-refractivity contribution is -0.116. The van der Waals surface area contributed by atoms with Crippen molar-refractivity contribution in [3.05, 3.63) is 23.8 Å². The average Bonchev–Trinajstić information content (AvgIpc) is 2.91. The van der Waals surface area contributed by atoms with Crippen molar-refractivity contribution in [3.8, 4) is 0 Å². The lowest BCUT2D eigenvalue weighted by Crippen LogP contribution is -2.29. The quantitative estimate of drug-likeness (QED) is 0.790. The Balaban J connectivity index is 1.61. The average molecular weight is 273 g/mol. The molecule has 1 aromatic rings. The van der Waals surface area contributed by atoms with E-state index in [9.17, 15) is 4.79 Å². The summed E-state index contributed by atoms with van der Waals surface area (Å²) in [7, 11) is 0. The second-order valence-corrected chi connectivity index (χ2v) is 5.99. The molecule has 1 saturated heterocycles. The molecule has 2 aliphatic heterocycles. The van der Waals surface area contributed by atoms with E-state index < -0.39 is 0 Å². The number of amides is 1. The molecule has 0 radical (unpaired) electrons. The second kappa shape index (κ2) is 5.83. The zero-order chi connectivity index (χ0) is 13.9. The number of nitrogens with one attached hydrogen (secondary N) is 3. The lowest BCUT2D eigenvalue weighted by Gasteiger charge is -2.22. The van der Waals surface area contributed by atoms with Gasteiger partial charge in [-0.25, -0.2) is 0 Å². The van der Waals surface area contributed by atoms with Gasteiger partial charge in [0.2, 0.25) is 5.91 Å². The molecule has 0 aliphatic carbocycles. The normalized spacial score (nSPS) is 23.1. The highest BCUT2D eigenvalue weighted by Gasteiger charge is 2.18. The zero-order valence-electron chi connectivity index (χ0n) is 12.0. The van der Waals surface area contributed by atoms with Crippen molar-refractivity contribution in [2.75, 3.05) is 17.2 Å². The topological polar surface area (TPSA) is 53.2 Å². The molecular formula is C16H23N3O. The zero-order valence-corrected chi connectivity index (χ0v) is 12.0. The van der Waals surface area contributed by atoms with Crippen LogP contribution in [0.2, 0.25) is 0 Å². The molecule has 3 rings (SSSR count). The van der Waals surface area contributed by atoms with Crippen molar-refractivity contribution >= 4 is 17.3 Å². The summed E-state index contributed by atoms with van der Waals surface area (Å²) in [6.45, 7) is 3.40. The van der Waals surface area contributed by atoms with E-state index in [0.717, 1.165) is 30.8 Å². The van der Waals surface area contributed by atoms with Gasteiger partial charge in [0.25, 0.3) is 0 Å². The first kappa shape index (κ1) is 13.4. The summed E-state index contributed by atoms with van der Waals surface area (Å²) in [5, 5.41) is 10.0. The SMILES string of the molecule is CC(CC1CCCN1)Nc1ccc2c(c1)CCC(=O)N2. The van der Waals surface area contributed by atoms with Gasteiger partial charge in [-0.2, -0.15) is 0 Å². The maximum atomic E-state index is 11.3. The monoisotopic (exact) mass is 273 g/mol. The summed E-state index contributed by atoms with van der Waals surface area (Å²) in [6.07, 6.45) is 5.19. The van der Waals surface area contributed by atoms with Crippen molar-refractivity contribution in [3.63, 3.8) is 0 Å². The van der Waals surface area contributed by atoms with E-state index in [-0.39, 0.29) is 5.91 Å². The molecular weight excluding hydrogens is 250 g/mol. The Morgan fingerprint density at radius 1 is 1.40 bits per heavy atom. The third kappa shape index (κ3) is 3.12. The summed E-state index contributed by atoms with van der Waals surface area (Å²) >= 11 is 0. The Bertz CT molecular complexity index is 494. The van der Waals surface area contributed by atoms with Crippen LogP contribution in [-0.2, 0) is 11.2 Å². The minimum absolute atomic E-state index is 0.124. The molecule has 2 aliphatic rings. The van der Waals surface area contributed by atoms with Crippen LogP contribution in [0.15, 0.2) is 18.2 Å². The molecule has 0 saturated carbocycles. The molecule has 2 atom stereocenters. The fourth-order valence-electron chi connectivity index (χ4n) is 3.20. The maximum absolute atomic E-state index is 11.3. The van der Waals surface area contributed by atoms with Gasteiger partial charge >= 0.3 is 0 Å². The van der Waals surface area contributed by atoms with Gasteiger partial charge in [-0.1, -0.05) is 0 Å². The largest absolute Gasteiger partial charge is 0.383 e. The third-order valence-electron chi connectivity index (χ3n) is 4.21. The van der Waals surface area contributed by atoms with E-state index in [2.05, 4.69) is 35.0 Å². The van der Waals surface area contributed by atoms with Gasteiger partial charge in [0, 0.05) is 29.9 Å². The van der Waals surface area contributed by atoms with Crippen molar-refractivity contribution < 1.29 is 4.79 Å². The van der Waals surface area contributed by atoms with Crippen LogP contribution < -0.4 is 16.0 Å². The first-order chi connectivity index (χ1) is 9.70. The number of anilines is 2. The van der Waals surface area contributed by atoms with Crippen LogP contribution >= 0.6 is 0 Å². The van der Waals surface area contributed by atoms with E-state index in [1.165, 1.54) is 18.4 Å². The van der Waals surface area contributed by atoms with Crippen molar-refractivity contribution in [1.29, 1.82) is 0 Å². The summed E-state index contributed by atoms with van der Waals surface area (Å²) in [5.74, 6) is 0.124. The molecule has 2 unspecified atom stereocenters. The summed E-state index contributed by atoms with van der Waals surface area (Å²) < 4.78 is 0. The number of fused-ring (bicyclic) bond motifs is 1. The molecule has 0 spiro atoms. The van der Waals surface area contributed by atoms with Crippen LogP contribution in [0.3, 0.4) is 0 Å². The lowest BCUT2D eigenvalue weighted by atomic mass is 10.0. The maximum Gasteiger partial charge on any atom is 0.224 e. The van der Waals surface area contributed by atoms with Gasteiger partial charge in [-0.05, 0) is 62.9 Å². The predicted octanol–water partition coefficient (Wildman–Crippen LogP) is 2.51.